The second kappa shape index (κ2) is 16.0. The van der Waals surface area contributed by atoms with Gasteiger partial charge in [0.25, 0.3) is 0 Å². The van der Waals surface area contributed by atoms with Crippen LogP contribution in [0.3, 0.4) is 0 Å². The van der Waals surface area contributed by atoms with Crippen molar-refractivity contribution in [3.05, 3.63) is 35.9 Å². The molecule has 1 aromatic carbocycles. The average molecular weight is 823 g/mol. The highest BCUT2D eigenvalue weighted by Crippen LogP contribution is 2.57. The van der Waals surface area contributed by atoms with Crippen LogP contribution in [0.1, 0.15) is 117 Å². The number of carbonyl (C=O) groups is 4. The number of fused-ring (bicyclic) bond motifs is 3. The largest absolute Gasteiger partial charge is 0.496 e. The number of benzene rings is 1. The smallest absolute Gasteiger partial charge is 0.408 e. The minimum Gasteiger partial charge on any atom is -0.496 e. The molecule has 3 amide bonds. The molecule has 14 nitrogen and oxygen atoms in total. The molecule has 58 heavy (non-hydrogen) atoms. The van der Waals surface area contributed by atoms with E-state index in [0.29, 0.717) is 66.8 Å². The number of methoxy groups -OCH3 is 1. The topological polar surface area (TPSA) is 180 Å². The number of nitrogens with one attached hydrogen (secondary N) is 2. The molecule has 7 rings (SSSR count). The SMILES string of the molecule is COc1ccc2c(O[C@@H]3C[C@H]4C(=O)C[C@]5(C(=O)NS(=O)(=O)C6(C)CC6)C[C@@H]5/C=C\CCCCC[C@H](NC(=O)OC(C)(C)C)C(=O)N4C3)cc(OC3CCC3)nc2c1C. The number of carbonyl (C=O) groups excluding carboxylic acids is 4. The molecule has 4 fully saturated rings. The minimum atomic E-state index is -3.96. The maximum absolute atomic E-state index is 14.7. The molecule has 1 saturated heterocycles. The van der Waals surface area contributed by atoms with Gasteiger partial charge in [0, 0.05) is 29.9 Å². The maximum atomic E-state index is 14.7. The number of sulfonamides is 1. The van der Waals surface area contributed by atoms with Crippen molar-refractivity contribution in [2.45, 2.75) is 153 Å². The fraction of sp³-hybridized carbons (Fsp3) is 0.651. The zero-order valence-electron chi connectivity index (χ0n) is 34.6. The van der Waals surface area contributed by atoms with Crippen molar-refractivity contribution in [3.63, 3.8) is 0 Å². The molecule has 15 heteroatoms. The minimum absolute atomic E-state index is 0.0226. The molecule has 3 heterocycles. The number of Topliss-reactive ketones (excluding diaryl/α,β-unsaturated/α-hetero) is 1. The van der Waals surface area contributed by atoms with E-state index in [-0.39, 0.29) is 37.2 Å². The molecule has 0 bridgehead atoms. The van der Waals surface area contributed by atoms with Crippen LogP contribution < -0.4 is 24.2 Å². The van der Waals surface area contributed by atoms with Gasteiger partial charge in [-0.3, -0.25) is 19.1 Å². The summed E-state index contributed by atoms with van der Waals surface area (Å²) in [7, 11) is -2.37. The van der Waals surface area contributed by atoms with Crippen molar-refractivity contribution in [2.24, 2.45) is 11.3 Å². The van der Waals surface area contributed by atoms with Crippen LogP contribution in [0.25, 0.3) is 10.9 Å². The lowest BCUT2D eigenvalue weighted by Crippen LogP contribution is -2.53. The van der Waals surface area contributed by atoms with Crippen LogP contribution in [0.4, 0.5) is 4.79 Å². The first-order valence-electron chi connectivity index (χ1n) is 20.8. The summed E-state index contributed by atoms with van der Waals surface area (Å²) in [5.41, 5.74) is -0.636. The summed E-state index contributed by atoms with van der Waals surface area (Å²) in [5, 5.41) is 3.50. The summed E-state index contributed by atoms with van der Waals surface area (Å²) < 4.78 is 51.9. The molecule has 316 valence electrons. The second-order valence-corrected chi connectivity index (χ2v) is 20.4. The Hall–Kier alpha value is -4.40. The molecule has 0 radical (unpaired) electrons. The van der Waals surface area contributed by atoms with Gasteiger partial charge in [-0.15, -0.1) is 0 Å². The summed E-state index contributed by atoms with van der Waals surface area (Å²) in [6.07, 6.45) is 9.83. The predicted molar refractivity (Wildman–Crippen MR) is 216 cm³/mol. The monoisotopic (exact) mass is 822 g/mol. The molecule has 0 spiro atoms. The normalized spacial score (nSPS) is 28.1. The molecule has 2 aliphatic heterocycles. The summed E-state index contributed by atoms with van der Waals surface area (Å²) in [6, 6.07) is 3.45. The maximum Gasteiger partial charge on any atom is 0.408 e. The van der Waals surface area contributed by atoms with E-state index in [0.717, 1.165) is 37.7 Å². The molecule has 3 saturated carbocycles. The van der Waals surface area contributed by atoms with E-state index >= 15 is 0 Å². The Morgan fingerprint density at radius 1 is 0.983 bits per heavy atom. The third-order valence-corrected chi connectivity index (χ3v) is 14.7. The third-order valence-electron chi connectivity index (χ3n) is 12.5. The number of amides is 3. The van der Waals surface area contributed by atoms with Crippen molar-refractivity contribution in [1.29, 1.82) is 0 Å². The number of ketones is 1. The molecular weight excluding hydrogens is 765 g/mol. The van der Waals surface area contributed by atoms with E-state index in [9.17, 15) is 27.6 Å². The van der Waals surface area contributed by atoms with Crippen LogP contribution in [-0.2, 0) is 29.1 Å². The van der Waals surface area contributed by atoms with Gasteiger partial charge in [-0.05, 0) is 110 Å². The lowest BCUT2D eigenvalue weighted by Gasteiger charge is -2.30. The molecule has 3 aliphatic carbocycles. The number of aryl methyl sites for hydroxylation is 1. The fourth-order valence-corrected chi connectivity index (χ4v) is 9.65. The Morgan fingerprint density at radius 2 is 1.74 bits per heavy atom. The summed E-state index contributed by atoms with van der Waals surface area (Å²) in [6.45, 7) is 8.77. The number of allylic oxidation sites excluding steroid dienone is 2. The van der Waals surface area contributed by atoms with Gasteiger partial charge in [0.1, 0.15) is 35.3 Å². The number of hydrogen-bond acceptors (Lipinski definition) is 11. The van der Waals surface area contributed by atoms with Crippen LogP contribution >= 0.6 is 0 Å². The van der Waals surface area contributed by atoms with E-state index < -0.39 is 61.9 Å². The highest BCUT2D eigenvalue weighted by molar-refractivity contribution is 7.91. The van der Waals surface area contributed by atoms with Crippen LogP contribution in [0.15, 0.2) is 30.4 Å². The molecule has 5 atom stereocenters. The first-order valence-corrected chi connectivity index (χ1v) is 22.3. The second-order valence-electron chi connectivity index (χ2n) is 18.2. The van der Waals surface area contributed by atoms with Crippen LogP contribution in [0.2, 0.25) is 0 Å². The fourth-order valence-electron chi connectivity index (χ4n) is 8.31. The summed E-state index contributed by atoms with van der Waals surface area (Å²) >= 11 is 0. The molecule has 2 aromatic rings. The molecular formula is C43H58N4O10S. The van der Waals surface area contributed by atoms with Gasteiger partial charge in [-0.25, -0.2) is 18.2 Å². The Balaban J connectivity index is 1.22. The van der Waals surface area contributed by atoms with E-state index in [1.165, 1.54) is 4.90 Å². The number of aromatic nitrogens is 1. The van der Waals surface area contributed by atoms with Gasteiger partial charge in [-0.2, -0.15) is 0 Å². The molecule has 2 N–H and O–H groups in total. The van der Waals surface area contributed by atoms with Crippen LogP contribution in [-0.4, -0.2) is 90.3 Å². The number of hydrogen-bond donors (Lipinski definition) is 2. The van der Waals surface area contributed by atoms with E-state index in [1.54, 1.807) is 40.9 Å². The number of nitrogens with zero attached hydrogens (tertiary/aromatic N) is 2. The first kappa shape index (κ1) is 41.7. The quantitative estimate of drug-likeness (QED) is 0.275. The lowest BCUT2D eigenvalue weighted by atomic mass is 9.91. The average Bonchev–Trinajstić information content (AvgIpc) is 4.01. The zero-order chi connectivity index (χ0) is 41.6. The van der Waals surface area contributed by atoms with E-state index in [4.69, 9.17) is 23.9 Å². The Bertz CT molecular complexity index is 2090. The van der Waals surface area contributed by atoms with Crippen molar-refractivity contribution in [3.8, 4) is 17.4 Å². The van der Waals surface area contributed by atoms with Gasteiger partial charge in [0.05, 0.1) is 35.4 Å². The van der Waals surface area contributed by atoms with Crippen molar-refractivity contribution in [2.75, 3.05) is 13.7 Å². The van der Waals surface area contributed by atoms with E-state index in [2.05, 4.69) is 10.0 Å². The number of alkyl carbamates (subject to hydrolysis) is 1. The number of ether oxygens (including phenoxy) is 4. The highest BCUT2D eigenvalue weighted by Gasteiger charge is 2.62. The van der Waals surface area contributed by atoms with Gasteiger partial charge >= 0.3 is 6.09 Å². The summed E-state index contributed by atoms with van der Waals surface area (Å²) in [4.78, 5) is 62.8. The van der Waals surface area contributed by atoms with Crippen LogP contribution in [0.5, 0.6) is 17.4 Å². The Morgan fingerprint density at radius 3 is 2.41 bits per heavy atom. The predicted octanol–water partition coefficient (Wildman–Crippen LogP) is 6.21. The Labute approximate surface area is 341 Å². The molecule has 0 unspecified atom stereocenters. The van der Waals surface area contributed by atoms with E-state index in [1.807, 2.05) is 31.2 Å². The van der Waals surface area contributed by atoms with Gasteiger partial charge in [0.15, 0.2) is 5.78 Å². The molecule has 1 aromatic heterocycles. The van der Waals surface area contributed by atoms with Gasteiger partial charge < -0.3 is 29.2 Å². The highest BCUT2D eigenvalue weighted by atomic mass is 32.2. The molecule has 5 aliphatic rings. The summed E-state index contributed by atoms with van der Waals surface area (Å²) in [5.74, 6) is -0.310. The van der Waals surface area contributed by atoms with Crippen molar-refractivity contribution < 1.29 is 46.5 Å². The van der Waals surface area contributed by atoms with Gasteiger partial charge in [0.2, 0.25) is 27.7 Å². The third kappa shape index (κ3) is 8.79. The number of pyridine rings is 1. The van der Waals surface area contributed by atoms with Crippen molar-refractivity contribution in [1.82, 2.24) is 19.9 Å². The van der Waals surface area contributed by atoms with Crippen LogP contribution in [0, 0.1) is 18.3 Å². The number of rotatable bonds is 9. The van der Waals surface area contributed by atoms with Crippen molar-refractivity contribution >= 4 is 44.6 Å². The lowest BCUT2D eigenvalue weighted by molar-refractivity contribution is -0.140. The first-order chi connectivity index (χ1) is 27.4. The standard InChI is InChI=1S/C43H58N4O10S/c1-26-34(54-6)18-17-30-35(22-36(45-37(26)30)56-28-14-12-15-28)55-29-21-32-33(48)24-43(39(50)46-58(52,53)42(5)19-20-42)23-27(43)13-10-8-7-9-11-16-31(38(49)47(32)25-29)44-40(51)57-41(2,3)4/h10,13,17-18,22,27-29,31-32H,7-9,11-12,14-16,19-21,23-25H2,1-6H3,(H,44,51)(H,46,50)/b13-10-/t27-,29+,31-,32-,43+/m0/s1. The Kier molecular flexibility index (Phi) is 11.5. The van der Waals surface area contributed by atoms with Gasteiger partial charge in [-0.1, -0.05) is 25.0 Å². The zero-order valence-corrected chi connectivity index (χ0v) is 35.4.